The lowest BCUT2D eigenvalue weighted by atomic mass is 10.3. The standard InChI is InChI=1S/C8H8N2O/c9-8(11)5-4-7-3-1-2-6-10-7/h1-6H,(H2,9,11)/b5-4-. The Bertz CT molecular complexity index is 267. The molecule has 3 heteroatoms. The van der Waals surface area contributed by atoms with E-state index >= 15 is 0 Å². The van der Waals surface area contributed by atoms with Crippen molar-refractivity contribution in [1.82, 2.24) is 4.98 Å². The molecule has 56 valence electrons. The minimum atomic E-state index is -0.462. The van der Waals surface area contributed by atoms with E-state index in [0.717, 1.165) is 5.69 Å². The Balaban J connectivity index is 2.72. The van der Waals surface area contributed by atoms with Gasteiger partial charge in [0.25, 0.3) is 0 Å². The second kappa shape index (κ2) is 3.51. The van der Waals surface area contributed by atoms with E-state index in [0.29, 0.717) is 0 Å². The number of rotatable bonds is 2. The van der Waals surface area contributed by atoms with Gasteiger partial charge in [0.1, 0.15) is 0 Å². The molecule has 0 unspecified atom stereocenters. The zero-order chi connectivity index (χ0) is 8.10. The number of nitrogens with zero attached hydrogens (tertiary/aromatic N) is 1. The van der Waals surface area contributed by atoms with Gasteiger partial charge in [-0.3, -0.25) is 9.78 Å². The van der Waals surface area contributed by atoms with Crippen molar-refractivity contribution < 1.29 is 4.79 Å². The molecule has 1 aromatic rings. The van der Waals surface area contributed by atoms with Crippen molar-refractivity contribution in [2.45, 2.75) is 0 Å². The first-order valence-corrected chi connectivity index (χ1v) is 3.17. The van der Waals surface area contributed by atoms with Gasteiger partial charge in [-0.15, -0.1) is 0 Å². The molecule has 0 spiro atoms. The molecule has 1 amide bonds. The molecule has 0 aliphatic heterocycles. The van der Waals surface area contributed by atoms with Crippen LogP contribution in [0.4, 0.5) is 0 Å². The molecular weight excluding hydrogens is 140 g/mol. The first kappa shape index (κ1) is 7.47. The summed E-state index contributed by atoms with van der Waals surface area (Å²) >= 11 is 0. The van der Waals surface area contributed by atoms with Gasteiger partial charge in [-0.1, -0.05) is 6.07 Å². The van der Waals surface area contributed by atoms with Crippen LogP contribution in [0.15, 0.2) is 30.5 Å². The summed E-state index contributed by atoms with van der Waals surface area (Å²) in [7, 11) is 0. The van der Waals surface area contributed by atoms with Crippen molar-refractivity contribution in [2.75, 3.05) is 0 Å². The molecule has 1 rings (SSSR count). The molecule has 0 saturated heterocycles. The van der Waals surface area contributed by atoms with Crippen molar-refractivity contribution in [3.8, 4) is 0 Å². The minimum absolute atomic E-state index is 0.462. The number of carbonyl (C=O) groups is 1. The van der Waals surface area contributed by atoms with E-state index in [1.54, 1.807) is 18.3 Å². The zero-order valence-corrected chi connectivity index (χ0v) is 5.90. The van der Waals surface area contributed by atoms with Gasteiger partial charge in [0.15, 0.2) is 0 Å². The lowest BCUT2D eigenvalue weighted by molar-refractivity contribution is -0.113. The van der Waals surface area contributed by atoms with Gasteiger partial charge in [-0.05, 0) is 18.2 Å². The van der Waals surface area contributed by atoms with Crippen LogP contribution in [0.3, 0.4) is 0 Å². The van der Waals surface area contributed by atoms with Crippen molar-refractivity contribution in [3.63, 3.8) is 0 Å². The molecule has 0 bridgehead atoms. The maximum absolute atomic E-state index is 10.3. The van der Waals surface area contributed by atoms with E-state index in [4.69, 9.17) is 5.73 Å². The highest BCUT2D eigenvalue weighted by Gasteiger charge is 1.85. The van der Waals surface area contributed by atoms with Crippen molar-refractivity contribution in [1.29, 1.82) is 0 Å². The lowest BCUT2D eigenvalue weighted by Gasteiger charge is -1.87. The molecule has 0 aromatic carbocycles. The molecule has 0 radical (unpaired) electrons. The predicted octanol–water partition coefficient (Wildman–Crippen LogP) is 0.580. The van der Waals surface area contributed by atoms with Gasteiger partial charge >= 0.3 is 0 Å². The van der Waals surface area contributed by atoms with Gasteiger partial charge in [0.05, 0.1) is 5.69 Å². The lowest BCUT2D eigenvalue weighted by Crippen LogP contribution is -2.05. The average Bonchev–Trinajstić information content (AvgIpc) is 2.03. The van der Waals surface area contributed by atoms with E-state index in [9.17, 15) is 4.79 Å². The molecule has 0 aliphatic rings. The molecular formula is C8H8N2O. The highest BCUT2D eigenvalue weighted by Crippen LogP contribution is 1.94. The third-order valence-corrected chi connectivity index (χ3v) is 1.11. The number of aromatic nitrogens is 1. The molecule has 11 heavy (non-hydrogen) atoms. The molecule has 2 N–H and O–H groups in total. The van der Waals surface area contributed by atoms with Crippen LogP contribution in [0.1, 0.15) is 5.69 Å². The number of primary amides is 1. The smallest absolute Gasteiger partial charge is 0.241 e. The fourth-order valence-electron chi connectivity index (χ4n) is 0.642. The second-order valence-corrected chi connectivity index (χ2v) is 1.99. The Kier molecular flexibility index (Phi) is 2.38. The number of amides is 1. The largest absolute Gasteiger partial charge is 0.366 e. The quantitative estimate of drug-likeness (QED) is 0.624. The van der Waals surface area contributed by atoms with Crippen molar-refractivity contribution >= 4 is 12.0 Å². The van der Waals surface area contributed by atoms with Crippen LogP contribution in [0, 0.1) is 0 Å². The van der Waals surface area contributed by atoms with E-state index in [2.05, 4.69) is 4.98 Å². The Hall–Kier alpha value is -1.64. The van der Waals surface area contributed by atoms with E-state index < -0.39 is 5.91 Å². The van der Waals surface area contributed by atoms with Crippen molar-refractivity contribution in [3.05, 3.63) is 36.2 Å². The molecule has 1 heterocycles. The number of hydrogen-bond donors (Lipinski definition) is 1. The van der Waals surface area contributed by atoms with E-state index in [-0.39, 0.29) is 0 Å². The predicted molar refractivity (Wildman–Crippen MR) is 42.5 cm³/mol. The highest BCUT2D eigenvalue weighted by molar-refractivity contribution is 5.89. The summed E-state index contributed by atoms with van der Waals surface area (Å²) in [6.07, 6.45) is 4.51. The number of pyridine rings is 1. The minimum Gasteiger partial charge on any atom is -0.366 e. The van der Waals surface area contributed by atoms with Crippen LogP contribution in [-0.4, -0.2) is 10.9 Å². The maximum atomic E-state index is 10.3. The Morgan fingerprint density at radius 1 is 1.55 bits per heavy atom. The summed E-state index contributed by atoms with van der Waals surface area (Å²) in [5.74, 6) is -0.462. The summed E-state index contributed by atoms with van der Waals surface area (Å²) in [6.45, 7) is 0. The maximum Gasteiger partial charge on any atom is 0.241 e. The monoisotopic (exact) mass is 148 g/mol. The van der Waals surface area contributed by atoms with Gasteiger partial charge in [-0.25, -0.2) is 0 Å². The summed E-state index contributed by atoms with van der Waals surface area (Å²) in [5, 5.41) is 0. The van der Waals surface area contributed by atoms with Gasteiger partial charge in [0, 0.05) is 12.3 Å². The Morgan fingerprint density at radius 2 is 2.36 bits per heavy atom. The third kappa shape index (κ3) is 2.62. The first-order valence-electron chi connectivity index (χ1n) is 3.17. The van der Waals surface area contributed by atoms with Crippen LogP contribution in [0.5, 0.6) is 0 Å². The summed E-state index contributed by atoms with van der Waals surface area (Å²) < 4.78 is 0. The van der Waals surface area contributed by atoms with Crippen molar-refractivity contribution in [2.24, 2.45) is 5.73 Å². The van der Waals surface area contributed by atoms with Gasteiger partial charge in [-0.2, -0.15) is 0 Å². The summed E-state index contributed by atoms with van der Waals surface area (Å²) in [5.41, 5.74) is 5.61. The number of carbonyl (C=O) groups excluding carboxylic acids is 1. The zero-order valence-electron chi connectivity index (χ0n) is 5.90. The normalized spacial score (nSPS) is 10.2. The van der Waals surface area contributed by atoms with Crippen LogP contribution in [-0.2, 0) is 4.79 Å². The van der Waals surface area contributed by atoms with Gasteiger partial charge < -0.3 is 5.73 Å². The average molecular weight is 148 g/mol. The Morgan fingerprint density at radius 3 is 2.91 bits per heavy atom. The SMILES string of the molecule is NC(=O)/C=C\c1ccccn1. The topological polar surface area (TPSA) is 56.0 Å². The fraction of sp³-hybridized carbons (Fsp3) is 0. The molecule has 1 aromatic heterocycles. The number of nitrogens with two attached hydrogens (primary N) is 1. The highest BCUT2D eigenvalue weighted by atomic mass is 16.1. The van der Waals surface area contributed by atoms with Crippen LogP contribution in [0.25, 0.3) is 6.08 Å². The van der Waals surface area contributed by atoms with Crippen LogP contribution >= 0.6 is 0 Å². The number of hydrogen-bond acceptors (Lipinski definition) is 2. The molecule has 0 fully saturated rings. The summed E-state index contributed by atoms with van der Waals surface area (Å²) in [4.78, 5) is 14.2. The fourth-order valence-corrected chi connectivity index (χ4v) is 0.642. The molecule has 0 aliphatic carbocycles. The van der Waals surface area contributed by atoms with E-state index in [1.807, 2.05) is 12.1 Å². The molecule has 3 nitrogen and oxygen atoms in total. The first-order chi connectivity index (χ1) is 5.29. The van der Waals surface area contributed by atoms with Gasteiger partial charge in [0.2, 0.25) is 5.91 Å². The van der Waals surface area contributed by atoms with Crippen LogP contribution in [0.2, 0.25) is 0 Å². The molecule has 0 atom stereocenters. The third-order valence-electron chi connectivity index (χ3n) is 1.11. The van der Waals surface area contributed by atoms with Crippen LogP contribution < -0.4 is 5.73 Å². The Labute approximate surface area is 64.6 Å². The second-order valence-electron chi connectivity index (χ2n) is 1.99. The van der Waals surface area contributed by atoms with E-state index in [1.165, 1.54) is 6.08 Å². The summed E-state index contributed by atoms with van der Waals surface area (Å²) in [6, 6.07) is 5.44. The molecule has 0 saturated carbocycles.